The highest BCUT2D eigenvalue weighted by Gasteiger charge is 2.21. The Balaban J connectivity index is 1.75. The fraction of sp³-hybridized carbons (Fsp3) is 0.200. The molecule has 0 saturated carbocycles. The van der Waals surface area contributed by atoms with Crippen molar-refractivity contribution in [3.8, 4) is 0 Å². The summed E-state index contributed by atoms with van der Waals surface area (Å²) < 4.78 is 21.4. The van der Waals surface area contributed by atoms with E-state index in [1.807, 2.05) is 28.8 Å². The van der Waals surface area contributed by atoms with Gasteiger partial charge in [0.25, 0.3) is 5.91 Å². The van der Waals surface area contributed by atoms with Crippen molar-refractivity contribution in [2.75, 3.05) is 5.32 Å². The van der Waals surface area contributed by atoms with E-state index >= 15 is 0 Å². The second kappa shape index (κ2) is 6.29. The molecule has 0 aliphatic rings. The molecule has 2 heterocycles. The number of hydrogen-bond donors (Lipinski definition) is 1. The molecular formula is C20H18FN3O2. The molecule has 0 aliphatic heterocycles. The Morgan fingerprint density at radius 2 is 2.04 bits per heavy atom. The van der Waals surface area contributed by atoms with E-state index in [0.29, 0.717) is 16.9 Å². The van der Waals surface area contributed by atoms with Crippen LogP contribution in [0.3, 0.4) is 0 Å². The third-order valence-electron chi connectivity index (χ3n) is 4.45. The molecule has 0 bridgehead atoms. The van der Waals surface area contributed by atoms with E-state index in [-0.39, 0.29) is 11.3 Å². The Kier molecular flexibility index (Phi) is 3.95. The highest BCUT2D eigenvalue weighted by atomic mass is 19.1. The quantitative estimate of drug-likeness (QED) is 0.569. The SMILES string of the molecule is CCCn1c(NC(=O)c2oc3c(F)cccc3c2C)nc2ccccc21. The number of carbonyl (C=O) groups is 1. The minimum Gasteiger partial charge on any atom is -0.448 e. The van der Waals surface area contributed by atoms with E-state index in [2.05, 4.69) is 17.2 Å². The molecule has 0 atom stereocenters. The zero-order valence-electron chi connectivity index (χ0n) is 14.5. The van der Waals surface area contributed by atoms with Gasteiger partial charge in [0.15, 0.2) is 17.2 Å². The lowest BCUT2D eigenvalue weighted by molar-refractivity contribution is 0.0996. The molecule has 1 amide bonds. The highest BCUT2D eigenvalue weighted by Crippen LogP contribution is 2.28. The lowest BCUT2D eigenvalue weighted by Crippen LogP contribution is -2.16. The van der Waals surface area contributed by atoms with Gasteiger partial charge in [-0.25, -0.2) is 9.37 Å². The van der Waals surface area contributed by atoms with E-state index in [1.165, 1.54) is 6.07 Å². The molecule has 4 aromatic rings. The van der Waals surface area contributed by atoms with Crippen LogP contribution in [-0.4, -0.2) is 15.5 Å². The van der Waals surface area contributed by atoms with Gasteiger partial charge in [-0.1, -0.05) is 31.2 Å². The van der Waals surface area contributed by atoms with Crippen molar-refractivity contribution in [2.24, 2.45) is 0 Å². The van der Waals surface area contributed by atoms with Crippen LogP contribution in [0.2, 0.25) is 0 Å². The third-order valence-corrected chi connectivity index (χ3v) is 4.45. The predicted molar refractivity (Wildman–Crippen MR) is 98.9 cm³/mol. The van der Waals surface area contributed by atoms with Crippen molar-refractivity contribution in [2.45, 2.75) is 26.8 Å². The molecule has 2 aromatic carbocycles. The van der Waals surface area contributed by atoms with E-state index in [1.54, 1.807) is 19.1 Å². The minimum absolute atomic E-state index is 0.0946. The van der Waals surface area contributed by atoms with E-state index in [9.17, 15) is 9.18 Å². The summed E-state index contributed by atoms with van der Waals surface area (Å²) in [5, 5.41) is 3.41. The zero-order chi connectivity index (χ0) is 18.3. The lowest BCUT2D eigenvalue weighted by atomic mass is 10.1. The van der Waals surface area contributed by atoms with Gasteiger partial charge in [-0.15, -0.1) is 0 Å². The standard InChI is InChI=1S/C20H18FN3O2/c1-3-11-24-16-10-5-4-9-15(16)22-20(24)23-19(25)17-12(2)13-7-6-8-14(21)18(13)26-17/h4-10H,3,11H2,1-2H3,(H,22,23,25). The number of rotatable bonds is 4. The first-order chi connectivity index (χ1) is 12.6. The normalized spacial score (nSPS) is 11.3. The first-order valence-corrected chi connectivity index (χ1v) is 8.54. The molecule has 5 nitrogen and oxygen atoms in total. The van der Waals surface area contributed by atoms with Crippen molar-refractivity contribution in [3.05, 3.63) is 59.6 Å². The van der Waals surface area contributed by atoms with Crippen LogP contribution in [0.4, 0.5) is 10.3 Å². The van der Waals surface area contributed by atoms with Crippen LogP contribution in [0, 0.1) is 12.7 Å². The average molecular weight is 351 g/mol. The average Bonchev–Trinajstić information content (AvgIpc) is 3.15. The summed E-state index contributed by atoms with van der Waals surface area (Å²) >= 11 is 0. The van der Waals surface area contributed by atoms with Gasteiger partial charge in [-0.05, 0) is 31.5 Å². The van der Waals surface area contributed by atoms with Crippen LogP contribution >= 0.6 is 0 Å². The fourth-order valence-electron chi connectivity index (χ4n) is 3.20. The number of benzene rings is 2. The number of nitrogens with one attached hydrogen (secondary N) is 1. The number of aromatic nitrogens is 2. The van der Waals surface area contributed by atoms with Crippen LogP contribution in [0.1, 0.15) is 29.5 Å². The number of anilines is 1. The Morgan fingerprint density at radius 1 is 1.23 bits per heavy atom. The van der Waals surface area contributed by atoms with Crippen molar-refractivity contribution < 1.29 is 13.6 Å². The summed E-state index contributed by atoms with van der Waals surface area (Å²) in [5.41, 5.74) is 2.47. The molecule has 1 N–H and O–H groups in total. The number of fused-ring (bicyclic) bond motifs is 2. The van der Waals surface area contributed by atoms with Gasteiger partial charge in [0.05, 0.1) is 11.0 Å². The van der Waals surface area contributed by atoms with Crippen LogP contribution in [0.25, 0.3) is 22.0 Å². The van der Waals surface area contributed by atoms with Crippen LogP contribution in [-0.2, 0) is 6.54 Å². The number of amides is 1. The van der Waals surface area contributed by atoms with Crippen molar-refractivity contribution in [1.82, 2.24) is 9.55 Å². The monoisotopic (exact) mass is 351 g/mol. The van der Waals surface area contributed by atoms with E-state index in [0.717, 1.165) is 24.0 Å². The summed E-state index contributed by atoms with van der Waals surface area (Å²) in [6.45, 7) is 4.53. The molecular weight excluding hydrogens is 333 g/mol. The molecule has 0 unspecified atom stereocenters. The number of aryl methyl sites for hydroxylation is 2. The molecule has 26 heavy (non-hydrogen) atoms. The van der Waals surface area contributed by atoms with Gasteiger partial charge >= 0.3 is 0 Å². The second-order valence-electron chi connectivity index (χ2n) is 6.20. The first-order valence-electron chi connectivity index (χ1n) is 8.54. The number of imidazole rings is 1. The van der Waals surface area contributed by atoms with Crippen molar-refractivity contribution in [3.63, 3.8) is 0 Å². The Morgan fingerprint density at radius 3 is 2.81 bits per heavy atom. The molecule has 0 radical (unpaired) electrons. The van der Waals surface area contributed by atoms with Gasteiger partial charge in [-0.3, -0.25) is 10.1 Å². The summed E-state index contributed by atoms with van der Waals surface area (Å²) in [4.78, 5) is 17.3. The summed E-state index contributed by atoms with van der Waals surface area (Å²) in [7, 11) is 0. The smallest absolute Gasteiger partial charge is 0.294 e. The first kappa shape index (κ1) is 16.3. The van der Waals surface area contributed by atoms with Crippen LogP contribution in [0.5, 0.6) is 0 Å². The van der Waals surface area contributed by atoms with Gasteiger partial charge in [0.1, 0.15) is 0 Å². The molecule has 0 spiro atoms. The number of carbonyl (C=O) groups excluding carboxylic acids is 1. The summed E-state index contributed by atoms with van der Waals surface area (Å²) in [6, 6.07) is 12.4. The summed E-state index contributed by atoms with van der Waals surface area (Å²) in [6.07, 6.45) is 0.901. The lowest BCUT2D eigenvalue weighted by Gasteiger charge is -2.08. The largest absolute Gasteiger partial charge is 0.448 e. The van der Waals surface area contributed by atoms with Crippen molar-refractivity contribution >= 4 is 33.9 Å². The predicted octanol–water partition coefficient (Wildman–Crippen LogP) is 4.89. The van der Waals surface area contributed by atoms with Gasteiger partial charge < -0.3 is 8.98 Å². The maximum absolute atomic E-state index is 13.9. The molecule has 0 fully saturated rings. The zero-order valence-corrected chi connectivity index (χ0v) is 14.5. The van der Waals surface area contributed by atoms with E-state index in [4.69, 9.17) is 4.42 Å². The molecule has 0 saturated heterocycles. The summed E-state index contributed by atoms with van der Waals surface area (Å²) in [5.74, 6) is -0.368. The molecule has 132 valence electrons. The number of para-hydroxylation sites is 3. The highest BCUT2D eigenvalue weighted by molar-refractivity contribution is 6.06. The Hall–Kier alpha value is -3.15. The second-order valence-corrected chi connectivity index (χ2v) is 6.20. The number of halogens is 1. The molecule has 0 aliphatic carbocycles. The van der Waals surface area contributed by atoms with Gasteiger partial charge in [0, 0.05) is 17.5 Å². The third kappa shape index (κ3) is 2.54. The fourth-order valence-corrected chi connectivity index (χ4v) is 3.20. The number of nitrogens with zero attached hydrogens (tertiary/aromatic N) is 2. The van der Waals surface area contributed by atoms with Crippen LogP contribution in [0.15, 0.2) is 46.9 Å². The van der Waals surface area contributed by atoms with Gasteiger partial charge in [0.2, 0.25) is 5.95 Å². The maximum Gasteiger partial charge on any atom is 0.294 e. The maximum atomic E-state index is 13.9. The number of hydrogen-bond acceptors (Lipinski definition) is 3. The van der Waals surface area contributed by atoms with Crippen LogP contribution < -0.4 is 5.32 Å². The Labute approximate surface area is 149 Å². The van der Waals surface area contributed by atoms with E-state index < -0.39 is 11.7 Å². The molecule has 6 heteroatoms. The minimum atomic E-state index is -0.483. The molecule has 4 rings (SSSR count). The van der Waals surface area contributed by atoms with Crippen molar-refractivity contribution in [1.29, 1.82) is 0 Å². The number of furan rings is 1. The van der Waals surface area contributed by atoms with Gasteiger partial charge in [-0.2, -0.15) is 0 Å². The topological polar surface area (TPSA) is 60.1 Å². The Bertz CT molecular complexity index is 1130. The molecule has 2 aromatic heterocycles.